The summed E-state index contributed by atoms with van der Waals surface area (Å²) < 4.78 is 5.07. The summed E-state index contributed by atoms with van der Waals surface area (Å²) in [6.07, 6.45) is 3.01. The molecule has 0 saturated carbocycles. The van der Waals surface area contributed by atoms with Crippen molar-refractivity contribution in [1.82, 2.24) is 20.3 Å². The van der Waals surface area contributed by atoms with Crippen LogP contribution in [0.15, 0.2) is 30.6 Å². The van der Waals surface area contributed by atoms with Gasteiger partial charge in [0.25, 0.3) is 5.91 Å². The maximum atomic E-state index is 12.4. The molecule has 0 unspecified atom stereocenters. The molecular weight excluding hydrogens is 390 g/mol. The predicted molar refractivity (Wildman–Crippen MR) is 112 cm³/mol. The Labute approximate surface area is 174 Å². The summed E-state index contributed by atoms with van der Waals surface area (Å²) in [5.41, 5.74) is 5.10. The number of piperidine rings is 1. The summed E-state index contributed by atoms with van der Waals surface area (Å²) in [4.78, 5) is 35.8. The molecule has 1 aliphatic rings. The minimum absolute atomic E-state index is 0.0772. The lowest BCUT2D eigenvalue weighted by molar-refractivity contribution is -0.383. The van der Waals surface area contributed by atoms with Gasteiger partial charge in [0.05, 0.1) is 12.0 Å². The van der Waals surface area contributed by atoms with E-state index in [0.29, 0.717) is 11.3 Å². The van der Waals surface area contributed by atoms with E-state index in [1.54, 1.807) is 31.3 Å². The topological polar surface area (TPSA) is 126 Å². The van der Waals surface area contributed by atoms with Gasteiger partial charge in [-0.1, -0.05) is 0 Å². The number of methoxy groups -OCH3 is 1. The van der Waals surface area contributed by atoms with Crippen molar-refractivity contribution >= 4 is 23.2 Å². The van der Waals surface area contributed by atoms with Crippen LogP contribution in [0.25, 0.3) is 0 Å². The van der Waals surface area contributed by atoms with Crippen molar-refractivity contribution in [3.63, 3.8) is 0 Å². The van der Waals surface area contributed by atoms with Crippen molar-refractivity contribution in [2.45, 2.75) is 18.9 Å². The van der Waals surface area contributed by atoms with Gasteiger partial charge in [0, 0.05) is 18.7 Å². The monoisotopic (exact) mass is 415 g/mol. The Hall–Kier alpha value is -3.47. The predicted octanol–water partition coefficient (Wildman–Crippen LogP) is 1.68. The number of anilines is 2. The van der Waals surface area contributed by atoms with E-state index < -0.39 is 10.8 Å². The van der Waals surface area contributed by atoms with E-state index in [-0.39, 0.29) is 23.4 Å². The second-order valence-electron chi connectivity index (χ2n) is 7.10. The lowest BCUT2D eigenvalue weighted by Gasteiger charge is -2.35. The SMILES string of the molecule is COc1ccc(C(=O)NNc2ncnc(N(C)C3CCN(C)CC3)c2[N+](=O)[O-])cc1. The third kappa shape index (κ3) is 4.74. The minimum Gasteiger partial charge on any atom is -0.497 e. The summed E-state index contributed by atoms with van der Waals surface area (Å²) >= 11 is 0. The highest BCUT2D eigenvalue weighted by molar-refractivity contribution is 5.95. The fourth-order valence-electron chi connectivity index (χ4n) is 3.37. The van der Waals surface area contributed by atoms with Crippen molar-refractivity contribution in [2.75, 3.05) is 44.6 Å². The van der Waals surface area contributed by atoms with Crippen molar-refractivity contribution in [1.29, 1.82) is 0 Å². The number of aromatic nitrogens is 2. The number of likely N-dealkylation sites (tertiary alicyclic amines) is 1. The Balaban J connectivity index is 1.76. The molecule has 1 aromatic heterocycles. The number of nitrogens with zero attached hydrogens (tertiary/aromatic N) is 5. The van der Waals surface area contributed by atoms with Gasteiger partial charge in [-0.15, -0.1) is 0 Å². The molecule has 3 rings (SSSR count). The maximum absolute atomic E-state index is 12.4. The van der Waals surface area contributed by atoms with Crippen molar-refractivity contribution in [3.8, 4) is 5.75 Å². The van der Waals surface area contributed by atoms with E-state index in [9.17, 15) is 14.9 Å². The van der Waals surface area contributed by atoms with Gasteiger partial charge < -0.3 is 14.5 Å². The molecule has 0 bridgehead atoms. The molecule has 2 N–H and O–H groups in total. The second-order valence-corrected chi connectivity index (χ2v) is 7.10. The molecular formula is C19H25N7O4. The molecule has 2 heterocycles. The lowest BCUT2D eigenvalue weighted by Crippen LogP contribution is -2.42. The fourth-order valence-corrected chi connectivity index (χ4v) is 3.37. The molecule has 2 aromatic rings. The first-order valence-electron chi connectivity index (χ1n) is 9.52. The largest absolute Gasteiger partial charge is 0.497 e. The smallest absolute Gasteiger partial charge is 0.355 e. The Morgan fingerprint density at radius 1 is 1.27 bits per heavy atom. The Bertz CT molecular complexity index is 898. The second kappa shape index (κ2) is 9.35. The zero-order valence-corrected chi connectivity index (χ0v) is 17.2. The number of nitrogens with one attached hydrogen (secondary N) is 2. The van der Waals surface area contributed by atoms with E-state index in [1.165, 1.54) is 13.4 Å². The van der Waals surface area contributed by atoms with Gasteiger partial charge in [-0.25, -0.2) is 9.97 Å². The van der Waals surface area contributed by atoms with Crippen LogP contribution in [0.3, 0.4) is 0 Å². The first kappa shape index (κ1) is 21.2. The van der Waals surface area contributed by atoms with E-state index >= 15 is 0 Å². The molecule has 0 radical (unpaired) electrons. The number of hydrazine groups is 1. The summed E-state index contributed by atoms with van der Waals surface area (Å²) in [5, 5.41) is 11.8. The molecule has 1 amide bonds. The quantitative estimate of drug-likeness (QED) is 0.513. The fraction of sp³-hybridized carbons (Fsp3) is 0.421. The molecule has 0 spiro atoms. The van der Waals surface area contributed by atoms with Gasteiger partial charge >= 0.3 is 5.69 Å². The van der Waals surface area contributed by atoms with Gasteiger partial charge in [0.1, 0.15) is 12.1 Å². The average molecular weight is 415 g/mol. The number of amides is 1. The molecule has 1 aliphatic heterocycles. The van der Waals surface area contributed by atoms with E-state index in [1.807, 2.05) is 4.90 Å². The molecule has 1 aromatic carbocycles. The third-order valence-electron chi connectivity index (χ3n) is 5.20. The van der Waals surface area contributed by atoms with Crippen LogP contribution < -0.4 is 20.5 Å². The van der Waals surface area contributed by atoms with Crippen LogP contribution >= 0.6 is 0 Å². The van der Waals surface area contributed by atoms with Crippen LogP contribution in [0.2, 0.25) is 0 Å². The van der Waals surface area contributed by atoms with Crippen LogP contribution in [-0.4, -0.2) is 66.0 Å². The number of hydrogen-bond acceptors (Lipinski definition) is 9. The molecule has 30 heavy (non-hydrogen) atoms. The summed E-state index contributed by atoms with van der Waals surface area (Å²) in [6, 6.07) is 6.61. The van der Waals surface area contributed by atoms with Crippen LogP contribution in [0, 0.1) is 10.1 Å². The van der Waals surface area contributed by atoms with Gasteiger partial charge in [-0.05, 0) is 57.2 Å². The van der Waals surface area contributed by atoms with E-state index in [0.717, 1.165) is 25.9 Å². The van der Waals surface area contributed by atoms with Gasteiger partial charge in [-0.3, -0.25) is 25.8 Å². The lowest BCUT2D eigenvalue weighted by atomic mass is 10.0. The third-order valence-corrected chi connectivity index (χ3v) is 5.20. The first-order chi connectivity index (χ1) is 14.4. The van der Waals surface area contributed by atoms with Crippen LogP contribution in [0.1, 0.15) is 23.2 Å². The molecule has 160 valence electrons. The molecule has 11 nitrogen and oxygen atoms in total. The molecule has 0 atom stereocenters. The Morgan fingerprint density at radius 3 is 2.53 bits per heavy atom. The molecule has 11 heteroatoms. The minimum atomic E-state index is -0.539. The number of carbonyl (C=O) groups excluding carboxylic acids is 1. The number of carbonyl (C=O) groups is 1. The average Bonchev–Trinajstić information content (AvgIpc) is 2.77. The normalized spacial score (nSPS) is 14.8. The standard InChI is InChI=1S/C19H25N7O4/c1-24-10-8-14(9-11-24)25(2)18-16(26(28)29)17(20-12-21-18)22-23-19(27)13-4-6-15(30-3)7-5-13/h4-7,12,14H,8-11H2,1-3H3,(H,23,27)(H,20,21,22). The zero-order chi connectivity index (χ0) is 21.7. The Kier molecular flexibility index (Phi) is 6.62. The van der Waals surface area contributed by atoms with Gasteiger partial charge in [0.2, 0.25) is 11.6 Å². The number of ether oxygens (including phenoxy) is 1. The van der Waals surface area contributed by atoms with Crippen LogP contribution in [-0.2, 0) is 0 Å². The number of nitro groups is 1. The number of hydrogen-bond donors (Lipinski definition) is 2. The van der Waals surface area contributed by atoms with Crippen molar-refractivity contribution < 1.29 is 14.5 Å². The van der Waals surface area contributed by atoms with Crippen molar-refractivity contribution in [3.05, 3.63) is 46.3 Å². The van der Waals surface area contributed by atoms with Crippen LogP contribution in [0.5, 0.6) is 5.75 Å². The molecule has 0 aliphatic carbocycles. The molecule has 1 fully saturated rings. The van der Waals surface area contributed by atoms with Gasteiger partial charge in [0.15, 0.2) is 0 Å². The molecule has 1 saturated heterocycles. The summed E-state index contributed by atoms with van der Waals surface area (Å²) in [6.45, 7) is 1.83. The Morgan fingerprint density at radius 2 is 1.93 bits per heavy atom. The highest BCUT2D eigenvalue weighted by Gasteiger charge is 2.30. The first-order valence-corrected chi connectivity index (χ1v) is 9.52. The number of rotatable bonds is 7. The highest BCUT2D eigenvalue weighted by Crippen LogP contribution is 2.33. The summed E-state index contributed by atoms with van der Waals surface area (Å²) in [7, 11) is 5.38. The van der Waals surface area contributed by atoms with E-state index in [2.05, 4.69) is 32.8 Å². The van der Waals surface area contributed by atoms with Crippen molar-refractivity contribution in [2.24, 2.45) is 0 Å². The van der Waals surface area contributed by atoms with Gasteiger partial charge in [-0.2, -0.15) is 0 Å². The van der Waals surface area contributed by atoms with E-state index in [4.69, 9.17) is 4.74 Å². The number of benzene rings is 1. The summed E-state index contributed by atoms with van der Waals surface area (Å²) in [5.74, 6) is 0.292. The van der Waals surface area contributed by atoms with Crippen LogP contribution in [0.4, 0.5) is 17.3 Å². The maximum Gasteiger partial charge on any atom is 0.355 e. The highest BCUT2D eigenvalue weighted by atomic mass is 16.6. The zero-order valence-electron chi connectivity index (χ0n) is 17.2.